The number of rotatable bonds is 30. The Morgan fingerprint density at radius 2 is 0.646 bits per heavy atom. The molecule has 4 saturated heterocycles. The van der Waals surface area contributed by atoms with Crippen molar-refractivity contribution in [3.05, 3.63) is 273 Å². The number of alkyl halides is 12. The molecule has 0 saturated carbocycles. The van der Waals surface area contributed by atoms with Crippen LogP contribution in [-0.2, 0) is 56.5 Å². The van der Waals surface area contributed by atoms with E-state index in [1.165, 1.54) is 36.7 Å². The molecule has 0 atom stereocenters. The number of anilines is 16. The molecule has 0 spiro atoms. The summed E-state index contributed by atoms with van der Waals surface area (Å²) in [5.74, 6) is -0.667. The molecule has 4 fully saturated rings. The minimum absolute atomic E-state index is 0.0175. The third-order valence-corrected chi connectivity index (χ3v) is 21.8. The van der Waals surface area contributed by atoms with Crippen LogP contribution in [0.4, 0.5) is 163 Å². The van der Waals surface area contributed by atoms with Gasteiger partial charge in [0.2, 0.25) is 23.8 Å². The number of hydrazone groups is 4. The summed E-state index contributed by atoms with van der Waals surface area (Å²) in [5, 5.41) is 28.8. The molecule has 144 heavy (non-hydrogen) atoms. The highest BCUT2D eigenvalue weighted by Gasteiger charge is 2.35. The molecular weight excluding hydrogens is 1910 g/mol. The van der Waals surface area contributed by atoms with Crippen molar-refractivity contribution in [3.8, 4) is 0 Å². The molecule has 0 bridgehead atoms. The van der Waals surface area contributed by atoms with E-state index in [0.29, 0.717) is 180 Å². The molecule has 12 aromatic rings. The fraction of sp³-hybridized carbons (Fsp3) is 0.327. The second-order valence-corrected chi connectivity index (χ2v) is 33.1. The summed E-state index contributed by atoms with van der Waals surface area (Å²) >= 11 is 0. The van der Waals surface area contributed by atoms with Gasteiger partial charge in [-0.25, -0.2) is 69.2 Å². The van der Waals surface area contributed by atoms with Gasteiger partial charge in [-0.1, -0.05) is 90.8 Å². The van der Waals surface area contributed by atoms with Crippen LogP contribution >= 0.6 is 0 Å². The van der Waals surface area contributed by atoms with E-state index >= 15 is 0 Å². The predicted octanol–water partition coefficient (Wildman–Crippen LogP) is 21.6. The predicted molar refractivity (Wildman–Crippen MR) is 521 cm³/mol. The van der Waals surface area contributed by atoms with Gasteiger partial charge < -0.3 is 59.8 Å². The van der Waals surface area contributed by atoms with Crippen molar-refractivity contribution in [1.82, 2.24) is 49.8 Å². The highest BCUT2D eigenvalue weighted by atomic mass is 19.4. The van der Waals surface area contributed by atoms with E-state index in [0.717, 1.165) is 115 Å². The Hall–Kier alpha value is -15.1. The van der Waals surface area contributed by atoms with Crippen LogP contribution in [0.1, 0.15) is 134 Å². The zero-order valence-electron chi connectivity index (χ0n) is 78.7. The number of aromatic nitrogens is 10. The van der Waals surface area contributed by atoms with Gasteiger partial charge in [0.1, 0.15) is 0 Å². The number of aryl methyl sites for hydroxylation is 2. The van der Waals surface area contributed by atoms with Crippen molar-refractivity contribution in [2.45, 2.75) is 104 Å². The molecule has 0 aliphatic carbocycles. The molecule has 4 aliphatic rings. The van der Waals surface area contributed by atoms with Gasteiger partial charge in [0.15, 0.2) is 46.5 Å². The number of hydrogen-bond acceptors (Lipinski definition) is 30. The summed E-state index contributed by atoms with van der Waals surface area (Å²) in [6.07, 6.45) is -4.15. The van der Waals surface area contributed by atoms with Gasteiger partial charge in [-0.3, -0.25) is 0 Å². The molecule has 6 aromatic heterocycles. The van der Waals surface area contributed by atoms with Crippen LogP contribution in [0.15, 0.2) is 203 Å². The summed E-state index contributed by atoms with van der Waals surface area (Å²) in [4.78, 5) is 48.9. The second kappa shape index (κ2) is 50.1. The number of benzene rings is 6. The van der Waals surface area contributed by atoms with Crippen LogP contribution in [0.2, 0.25) is 0 Å². The van der Waals surface area contributed by atoms with Crippen molar-refractivity contribution >= 4 is 117 Å². The Bertz CT molecular complexity index is 6390. The molecule has 46 heteroatoms. The van der Waals surface area contributed by atoms with Crippen molar-refractivity contribution < 1.29 is 89.2 Å². The number of hydrogen-bond donors (Lipinski definition) is 8. The molecule has 6 aromatic carbocycles. The number of pyridine rings is 2. The van der Waals surface area contributed by atoms with Crippen LogP contribution in [0.5, 0.6) is 0 Å². The molecule has 0 amide bonds. The van der Waals surface area contributed by atoms with Gasteiger partial charge in [0.25, 0.3) is 0 Å². The maximum atomic E-state index is 14.2. The Morgan fingerprint density at radius 1 is 0.333 bits per heavy atom. The van der Waals surface area contributed by atoms with Crippen LogP contribution in [-0.4, -0.2) is 180 Å². The summed E-state index contributed by atoms with van der Waals surface area (Å²) in [6, 6.07) is 37.9. The summed E-state index contributed by atoms with van der Waals surface area (Å²) in [5.41, 5.74) is 17.7. The normalized spacial score (nSPS) is 14.4. The Balaban J connectivity index is 0.000000161. The summed E-state index contributed by atoms with van der Waals surface area (Å²) < 4.78 is 234. The molecule has 10 heterocycles. The minimum Gasteiger partial charge on any atom is -0.378 e. The van der Waals surface area contributed by atoms with Crippen molar-refractivity contribution in [3.63, 3.8) is 0 Å². The van der Waals surface area contributed by atoms with E-state index in [1.807, 2.05) is 65.8 Å². The average Bonchev–Trinajstić information content (AvgIpc) is 0.886. The van der Waals surface area contributed by atoms with Crippen LogP contribution in [0.25, 0.3) is 0 Å². The zero-order valence-corrected chi connectivity index (χ0v) is 78.7. The van der Waals surface area contributed by atoms with Crippen molar-refractivity contribution in [2.24, 2.45) is 20.4 Å². The van der Waals surface area contributed by atoms with E-state index < -0.39 is 70.2 Å². The van der Waals surface area contributed by atoms with Crippen molar-refractivity contribution in [1.29, 1.82) is 0 Å². The monoisotopic (exact) mass is 2010 g/mol. The first-order chi connectivity index (χ1) is 69.1. The minimum atomic E-state index is -4.43. The number of nitrogens with one attached hydrogen (secondary N) is 8. The fourth-order valence-corrected chi connectivity index (χ4v) is 14.8. The third kappa shape index (κ3) is 31.0. The summed E-state index contributed by atoms with van der Waals surface area (Å²) in [7, 11) is 0. The lowest BCUT2D eigenvalue weighted by Gasteiger charge is -2.27. The first kappa shape index (κ1) is 106. The molecule has 4 aliphatic heterocycles. The Kier molecular flexibility index (Phi) is 36.9. The number of ether oxygens (including phenoxy) is 4. The van der Waals surface area contributed by atoms with Gasteiger partial charge >= 0.3 is 24.7 Å². The van der Waals surface area contributed by atoms with E-state index in [4.69, 9.17) is 18.9 Å². The molecule has 0 unspecified atom stereocenters. The van der Waals surface area contributed by atoms with Crippen LogP contribution in [0.3, 0.4) is 0 Å². The van der Waals surface area contributed by atoms with Crippen LogP contribution in [0, 0.1) is 23.3 Å². The SMILES string of the molecule is CC(C)c1cc(Nc2cccc(C(F)(F)F)c2)ccc1/C=N/Nc1ncc(F)c(N2CCOCC2)n1.CC(C)c1nc(/C=N/Nc2ncc(F)c(N3CCOCC3)n2)ccc1Nc1cccc(C(F)(F)F)c1.CCCc1cc(Nc2cccc(C(F)(F)F)c2)ccc1/C=N/Nc1ncc(F)c(N2CCOCC2)n1.CCCc1nc(/C=N/Nc2ncc(F)c(N3CCOCC3)n2)ccc1Nc1cccc(C(F)(F)F)c1. The number of morpholine rings is 4. The van der Waals surface area contributed by atoms with E-state index in [1.54, 1.807) is 92.7 Å². The molecular formula is C98H102F16N26O4. The van der Waals surface area contributed by atoms with E-state index in [-0.39, 0.29) is 58.9 Å². The second-order valence-electron chi connectivity index (χ2n) is 33.1. The van der Waals surface area contributed by atoms with Crippen molar-refractivity contribution in [2.75, 3.05) is 168 Å². The molecule has 0 radical (unpaired) electrons. The highest BCUT2D eigenvalue weighted by Crippen LogP contribution is 2.39. The van der Waals surface area contributed by atoms with Gasteiger partial charge in [0.05, 0.1) is 159 Å². The molecule has 8 N–H and O–H groups in total. The van der Waals surface area contributed by atoms with E-state index in [2.05, 4.69) is 113 Å². The van der Waals surface area contributed by atoms with Gasteiger partial charge in [-0.2, -0.15) is 93.0 Å². The van der Waals surface area contributed by atoms with E-state index in [9.17, 15) is 70.2 Å². The lowest BCUT2D eigenvalue weighted by molar-refractivity contribution is -0.138. The van der Waals surface area contributed by atoms with Gasteiger partial charge in [0, 0.05) is 86.5 Å². The average molecular weight is 2010 g/mol. The fourth-order valence-electron chi connectivity index (χ4n) is 14.8. The smallest absolute Gasteiger partial charge is 0.378 e. The van der Waals surface area contributed by atoms with Gasteiger partial charge in [-0.05, 0) is 168 Å². The Labute approximate surface area is 817 Å². The Morgan fingerprint density at radius 3 is 0.993 bits per heavy atom. The lowest BCUT2D eigenvalue weighted by Crippen LogP contribution is -2.37. The van der Waals surface area contributed by atoms with Crippen LogP contribution < -0.4 is 62.6 Å². The first-order valence-corrected chi connectivity index (χ1v) is 45.7. The molecule has 30 nitrogen and oxygen atoms in total. The quantitative estimate of drug-likeness (QED) is 0.0118. The first-order valence-electron chi connectivity index (χ1n) is 45.7. The third-order valence-electron chi connectivity index (χ3n) is 21.8. The molecule has 16 rings (SSSR count). The number of halogens is 16. The largest absolute Gasteiger partial charge is 0.416 e. The topological polar surface area (TPSA) is 324 Å². The maximum Gasteiger partial charge on any atom is 0.416 e. The van der Waals surface area contributed by atoms with Gasteiger partial charge in [-0.15, -0.1) is 0 Å². The number of nitrogens with zero attached hydrogens (tertiary/aromatic N) is 18. The lowest BCUT2D eigenvalue weighted by atomic mass is 9.97. The highest BCUT2D eigenvalue weighted by molar-refractivity contribution is 5.85. The standard InChI is InChI=1S/2C25H26F4N6O.2C24H25F4N7O/c1-16(2)21-13-20(32-19-5-3-4-18(12-19)25(27,28)29)7-6-17(21)14-31-34-24-30-15-22(26)23(33-24)35-8-10-36-11-9-35;1-2-4-17-13-21(32-20-6-3-5-19(14-20)25(27,28)29)8-7-18(17)15-31-34-24-30-16-22(26)23(33-24)35-9-11-36-12-10-35;1-15(2)21-20(31-17-5-3-4-16(12-17)24(26,27)28)7-6-18(32-21)13-30-34-23-29-14-19(25)22(33-23)35-8-10-36-11-9-35;1-2-4-20-21(31-17-6-3-5-16(13-17)24(26,27)28)8-7-18(32-20)14-30-34-23-29-15-19(25)22(33-23)35-9-11-36-12-10-35/h3-7,12-16,32H,8-11H2,1-2H3,(H,30,33,34);3,5-8,13-16,32H,2,4,9-12H2,1H3,(H,30,33,34);3-7,12-15,31H,8-11H2,1-2H3,(H,29,33,34);3,5-8,13-15,31H,2,4,9-12H2,1H3,(H,29,33,34)/b31-14+;31-15+;30-13+;30-14+. The zero-order chi connectivity index (χ0) is 103. The summed E-state index contributed by atoms with van der Waals surface area (Å²) in [6.45, 7) is 20.1. The molecule has 760 valence electrons. The maximum absolute atomic E-state index is 14.2.